The van der Waals surface area contributed by atoms with E-state index in [0.29, 0.717) is 5.69 Å². The molecule has 0 saturated heterocycles. The van der Waals surface area contributed by atoms with Gasteiger partial charge >= 0.3 is 6.18 Å². The van der Waals surface area contributed by atoms with E-state index in [1.807, 2.05) is 0 Å². The fraction of sp³-hybridized carbons (Fsp3) is 0.125. The maximum Gasteiger partial charge on any atom is 0.455 e. The molecule has 0 radical (unpaired) electrons. The zero-order valence-electron chi connectivity index (χ0n) is 12.4. The molecule has 3 nitrogen and oxygen atoms in total. The number of thioether (sulfide) groups is 1. The minimum atomic E-state index is -5.12. The number of benzene rings is 1. The predicted octanol–water partition coefficient (Wildman–Crippen LogP) is 5.24. The van der Waals surface area contributed by atoms with Gasteiger partial charge < -0.3 is 5.11 Å². The van der Waals surface area contributed by atoms with E-state index in [-0.39, 0.29) is 9.92 Å². The highest BCUT2D eigenvalue weighted by atomic mass is 32.2. The Labute approximate surface area is 144 Å². The number of rotatable bonds is 4. The number of aliphatic hydroxyl groups excluding tert-OH is 1. The number of para-hydroxylation sites is 1. The molecule has 0 aliphatic rings. The van der Waals surface area contributed by atoms with Gasteiger partial charge in [0.25, 0.3) is 5.78 Å². The van der Waals surface area contributed by atoms with Gasteiger partial charge in [-0.25, -0.2) is 4.99 Å². The van der Waals surface area contributed by atoms with Crippen molar-refractivity contribution in [2.24, 2.45) is 4.99 Å². The van der Waals surface area contributed by atoms with Crippen LogP contribution in [0, 0.1) is 0 Å². The number of carbonyl (C=O) groups is 1. The lowest BCUT2D eigenvalue weighted by atomic mass is 10.1. The van der Waals surface area contributed by atoms with Crippen LogP contribution in [0.1, 0.15) is 4.88 Å². The summed E-state index contributed by atoms with van der Waals surface area (Å²) in [5, 5.41) is 11.6. The third-order valence-corrected chi connectivity index (χ3v) is 4.43. The van der Waals surface area contributed by atoms with Gasteiger partial charge in [-0.1, -0.05) is 24.3 Å². The van der Waals surface area contributed by atoms with Gasteiger partial charge in [-0.3, -0.25) is 4.79 Å². The van der Waals surface area contributed by atoms with Gasteiger partial charge in [0.15, 0.2) is 0 Å². The quantitative estimate of drug-likeness (QED) is 0.346. The van der Waals surface area contributed by atoms with Crippen LogP contribution in [0.25, 0.3) is 5.76 Å². The first-order valence-corrected chi connectivity index (χ1v) is 8.71. The number of carbonyl (C=O) groups excluding carboxylic acids is 1. The molecule has 24 heavy (non-hydrogen) atoms. The summed E-state index contributed by atoms with van der Waals surface area (Å²) in [6, 6.07) is 11.3. The largest absolute Gasteiger partial charge is 0.506 e. The van der Waals surface area contributed by atoms with Crippen molar-refractivity contribution in [2.75, 3.05) is 6.26 Å². The van der Waals surface area contributed by atoms with Crippen LogP contribution in [-0.2, 0) is 4.79 Å². The number of Topliss-reactive ketones (excluding diaryl/α,β-unsaturated/α-hetero) is 1. The second-order valence-electron chi connectivity index (χ2n) is 4.48. The first-order valence-electron chi connectivity index (χ1n) is 6.61. The highest BCUT2D eigenvalue weighted by Gasteiger charge is 2.44. The Morgan fingerprint density at radius 1 is 1.17 bits per heavy atom. The number of hydrogen-bond donors (Lipinski definition) is 1. The molecule has 0 unspecified atom stereocenters. The van der Waals surface area contributed by atoms with Crippen molar-refractivity contribution in [1.29, 1.82) is 0 Å². The van der Waals surface area contributed by atoms with E-state index in [1.165, 1.54) is 12.3 Å². The Morgan fingerprint density at radius 2 is 1.83 bits per heavy atom. The molecule has 8 heteroatoms. The van der Waals surface area contributed by atoms with Gasteiger partial charge in [0.05, 0.1) is 10.6 Å². The number of ketones is 1. The van der Waals surface area contributed by atoms with Crippen LogP contribution in [-0.4, -0.2) is 28.4 Å². The van der Waals surface area contributed by atoms with Crippen LogP contribution < -0.4 is 0 Å². The van der Waals surface area contributed by atoms with Crippen LogP contribution in [0.5, 0.6) is 0 Å². The minimum absolute atomic E-state index is 0.164. The van der Waals surface area contributed by atoms with Gasteiger partial charge in [-0.15, -0.1) is 23.1 Å². The van der Waals surface area contributed by atoms with Crippen molar-refractivity contribution < 1.29 is 23.1 Å². The van der Waals surface area contributed by atoms with Crippen LogP contribution in [0.3, 0.4) is 0 Å². The normalized spacial score (nSPS) is 13.6. The molecular formula is C16H12F3NO2S2. The van der Waals surface area contributed by atoms with E-state index in [1.54, 1.807) is 41.8 Å². The molecule has 0 amide bonds. The highest BCUT2D eigenvalue weighted by molar-refractivity contribution is 8.14. The van der Waals surface area contributed by atoms with Gasteiger partial charge in [0, 0.05) is 0 Å². The summed E-state index contributed by atoms with van der Waals surface area (Å²) in [7, 11) is 0. The Balaban J connectivity index is 2.63. The van der Waals surface area contributed by atoms with Crippen molar-refractivity contribution in [3.05, 3.63) is 58.3 Å². The second-order valence-corrected chi connectivity index (χ2v) is 6.23. The molecule has 2 aromatic rings. The number of hydrogen-bond acceptors (Lipinski definition) is 5. The van der Waals surface area contributed by atoms with Crippen molar-refractivity contribution in [2.45, 2.75) is 6.18 Å². The predicted molar refractivity (Wildman–Crippen MR) is 92.0 cm³/mol. The zero-order chi connectivity index (χ0) is 17.7. The van der Waals surface area contributed by atoms with Crippen molar-refractivity contribution >= 4 is 45.4 Å². The molecule has 1 N–H and O–H groups in total. The van der Waals surface area contributed by atoms with Gasteiger partial charge in [0.1, 0.15) is 16.4 Å². The van der Waals surface area contributed by atoms with Crippen molar-refractivity contribution in [1.82, 2.24) is 0 Å². The Bertz CT molecular complexity index is 766. The van der Waals surface area contributed by atoms with E-state index in [9.17, 15) is 23.1 Å². The molecule has 0 bridgehead atoms. The second kappa shape index (κ2) is 7.67. The molecule has 2 rings (SSSR count). The van der Waals surface area contributed by atoms with Gasteiger partial charge in [-0.2, -0.15) is 13.2 Å². The molecule has 1 heterocycles. The number of aliphatic imine (C=N–C) groups is 1. The molecule has 0 atom stereocenters. The van der Waals surface area contributed by atoms with Crippen LogP contribution >= 0.6 is 23.1 Å². The van der Waals surface area contributed by atoms with E-state index < -0.39 is 23.3 Å². The smallest absolute Gasteiger partial charge is 0.455 e. The molecule has 0 aliphatic carbocycles. The summed E-state index contributed by atoms with van der Waals surface area (Å²) in [5.74, 6) is -2.85. The SMILES string of the molecule is CSC(=Nc1ccccc1)/C(C(=O)C(F)(F)F)=C(\O)c1cccs1. The number of alkyl halides is 3. The Morgan fingerprint density at radius 3 is 2.33 bits per heavy atom. The lowest BCUT2D eigenvalue weighted by Crippen LogP contribution is -2.28. The van der Waals surface area contributed by atoms with Crippen LogP contribution in [0.2, 0.25) is 0 Å². The molecule has 126 valence electrons. The Kier molecular flexibility index (Phi) is 5.84. The van der Waals surface area contributed by atoms with E-state index in [0.717, 1.165) is 23.1 Å². The van der Waals surface area contributed by atoms with E-state index >= 15 is 0 Å². The number of nitrogens with zero attached hydrogens (tertiary/aromatic N) is 1. The third kappa shape index (κ3) is 4.27. The zero-order valence-corrected chi connectivity index (χ0v) is 14.0. The van der Waals surface area contributed by atoms with Crippen LogP contribution in [0.15, 0.2) is 58.4 Å². The average molecular weight is 371 g/mol. The number of halogens is 3. The topological polar surface area (TPSA) is 49.7 Å². The van der Waals surface area contributed by atoms with Gasteiger partial charge in [-0.05, 0) is 29.8 Å². The maximum absolute atomic E-state index is 13.0. The molecule has 0 spiro atoms. The highest BCUT2D eigenvalue weighted by Crippen LogP contribution is 2.31. The molecule has 0 saturated carbocycles. The summed E-state index contributed by atoms with van der Waals surface area (Å²) in [6.07, 6.45) is -3.62. The van der Waals surface area contributed by atoms with Crippen molar-refractivity contribution in [3.63, 3.8) is 0 Å². The van der Waals surface area contributed by atoms with Gasteiger partial charge in [0.2, 0.25) is 0 Å². The summed E-state index contributed by atoms with van der Waals surface area (Å²) >= 11 is 1.89. The molecule has 1 aromatic heterocycles. The summed E-state index contributed by atoms with van der Waals surface area (Å²) in [5.41, 5.74) is -0.463. The maximum atomic E-state index is 13.0. The Hall–Kier alpha value is -2.06. The monoisotopic (exact) mass is 371 g/mol. The summed E-state index contributed by atoms with van der Waals surface area (Å²) in [4.78, 5) is 16.1. The lowest BCUT2D eigenvalue weighted by Gasteiger charge is -2.12. The number of aliphatic hydroxyl groups is 1. The fourth-order valence-corrected chi connectivity index (χ4v) is 3.07. The fourth-order valence-electron chi connectivity index (χ4n) is 1.81. The standard InChI is InChI=1S/C16H12F3NO2S2/c1-23-15(20-10-6-3-2-4-7-10)12(14(22)16(17,18)19)13(21)11-8-5-9-24-11/h2-9,21H,1H3/b13-12-,20-15?. The summed E-state index contributed by atoms with van der Waals surface area (Å²) in [6.45, 7) is 0. The summed E-state index contributed by atoms with van der Waals surface area (Å²) < 4.78 is 38.9. The van der Waals surface area contributed by atoms with Crippen molar-refractivity contribution in [3.8, 4) is 0 Å². The first-order chi connectivity index (χ1) is 11.3. The average Bonchev–Trinajstić information content (AvgIpc) is 3.08. The van der Waals surface area contributed by atoms with E-state index in [2.05, 4.69) is 4.99 Å². The molecule has 0 aliphatic heterocycles. The molecule has 0 fully saturated rings. The van der Waals surface area contributed by atoms with Crippen LogP contribution in [0.4, 0.5) is 18.9 Å². The molecular weight excluding hydrogens is 359 g/mol. The van der Waals surface area contributed by atoms with E-state index in [4.69, 9.17) is 0 Å². The lowest BCUT2D eigenvalue weighted by molar-refractivity contribution is -0.165. The molecule has 1 aromatic carbocycles. The number of thiophene rings is 1. The third-order valence-electron chi connectivity index (χ3n) is 2.87. The minimum Gasteiger partial charge on any atom is -0.506 e. The first kappa shape index (κ1) is 18.3.